The monoisotopic (exact) mass is 1140 g/mol. The van der Waals surface area contributed by atoms with Crippen molar-refractivity contribution in [3.8, 4) is 0 Å². The van der Waals surface area contributed by atoms with Crippen molar-refractivity contribution < 1.29 is 42.1 Å². The molecule has 0 rings (SSSR count). The van der Waals surface area contributed by atoms with Gasteiger partial charge in [-0.1, -0.05) is 328 Å². The fraction of sp³-hybridized carbons (Fsp3) is 0.942. The second kappa shape index (κ2) is 61.3. The van der Waals surface area contributed by atoms with Crippen LogP contribution in [0.5, 0.6) is 0 Å². The van der Waals surface area contributed by atoms with Crippen LogP contribution in [0.15, 0.2) is 12.2 Å². The van der Waals surface area contributed by atoms with E-state index in [4.69, 9.17) is 18.5 Å². The molecular formula is C69H137NO8P+. The Morgan fingerprint density at radius 3 is 0.937 bits per heavy atom. The Balaban J connectivity index is 3.90. The van der Waals surface area contributed by atoms with Gasteiger partial charge in [0.2, 0.25) is 0 Å². The van der Waals surface area contributed by atoms with Gasteiger partial charge >= 0.3 is 19.8 Å². The molecule has 0 amide bonds. The van der Waals surface area contributed by atoms with Gasteiger partial charge in [-0.2, -0.15) is 0 Å². The Hall–Kier alpha value is -1.25. The summed E-state index contributed by atoms with van der Waals surface area (Å²) < 4.78 is 34.7. The van der Waals surface area contributed by atoms with Crippen molar-refractivity contribution in [3.05, 3.63) is 12.2 Å². The highest BCUT2D eigenvalue weighted by Crippen LogP contribution is 2.43. The zero-order valence-corrected chi connectivity index (χ0v) is 54.5. The van der Waals surface area contributed by atoms with E-state index in [1.54, 1.807) is 0 Å². The Bertz CT molecular complexity index is 1340. The van der Waals surface area contributed by atoms with E-state index in [0.717, 1.165) is 38.5 Å². The molecule has 0 aliphatic rings. The Kier molecular flexibility index (Phi) is 60.3. The fourth-order valence-electron chi connectivity index (χ4n) is 10.7. The van der Waals surface area contributed by atoms with Crippen molar-refractivity contribution in [2.24, 2.45) is 0 Å². The highest BCUT2D eigenvalue weighted by Gasteiger charge is 2.27. The minimum Gasteiger partial charge on any atom is -0.462 e. The Labute approximate surface area is 492 Å². The minimum atomic E-state index is -4.38. The third kappa shape index (κ3) is 65.8. The highest BCUT2D eigenvalue weighted by molar-refractivity contribution is 7.47. The molecule has 0 radical (unpaired) electrons. The number of phosphoric acid groups is 1. The SMILES string of the molecule is CCCCCCCCCC/C=C\CCCCCCCCCCCCCCCCCCCCCCCCCCCC(=O)OC(COC(=O)CCCCCCCCCCCCCCCCCCCC)COP(=O)(O)OCC[N+](C)(C)C. The third-order valence-electron chi connectivity index (χ3n) is 16.0. The molecule has 1 N–H and O–H groups in total. The predicted octanol–water partition coefficient (Wildman–Crippen LogP) is 22.3. The zero-order valence-electron chi connectivity index (χ0n) is 53.7. The molecule has 0 aliphatic carbocycles. The van der Waals surface area contributed by atoms with Gasteiger partial charge in [0.05, 0.1) is 27.7 Å². The lowest BCUT2D eigenvalue weighted by Gasteiger charge is -2.24. The molecule has 470 valence electrons. The first-order valence-corrected chi connectivity index (χ1v) is 36.4. The average Bonchev–Trinajstić information content (AvgIpc) is 3.41. The lowest BCUT2D eigenvalue weighted by Crippen LogP contribution is -2.37. The minimum absolute atomic E-state index is 0.0368. The molecule has 0 heterocycles. The summed E-state index contributed by atoms with van der Waals surface area (Å²) in [5, 5.41) is 0. The molecule has 0 fully saturated rings. The van der Waals surface area contributed by atoms with Crippen LogP contribution in [0.4, 0.5) is 0 Å². The van der Waals surface area contributed by atoms with E-state index >= 15 is 0 Å². The van der Waals surface area contributed by atoms with Crippen LogP contribution in [0.2, 0.25) is 0 Å². The Morgan fingerprint density at radius 2 is 0.646 bits per heavy atom. The van der Waals surface area contributed by atoms with Crippen LogP contribution in [-0.4, -0.2) is 74.9 Å². The quantitative estimate of drug-likeness (QED) is 0.0211. The number of unbranched alkanes of at least 4 members (excludes halogenated alkanes) is 50. The number of carbonyl (C=O) groups excluding carboxylic acids is 2. The van der Waals surface area contributed by atoms with Crippen LogP contribution < -0.4 is 0 Å². The number of phosphoric ester groups is 1. The molecular weight excluding hydrogens is 1000 g/mol. The van der Waals surface area contributed by atoms with Gasteiger partial charge in [0.25, 0.3) is 0 Å². The van der Waals surface area contributed by atoms with Gasteiger partial charge in [-0.3, -0.25) is 18.6 Å². The standard InChI is InChI=1S/C69H136NO8P/c1-6-8-10-12-14-16-18-20-22-24-26-27-28-29-30-31-32-33-34-35-36-37-38-39-40-41-42-43-44-46-48-50-52-54-56-58-60-62-69(72)78-67(66-77-79(73,74)76-64-63-70(3,4)5)65-75-68(71)61-59-57-55-53-51-49-47-45-25-23-21-19-17-15-13-11-9-7-2/h24,26,67H,6-23,25,27-66H2,1-5H3/p+1/b26-24-. The average molecular weight is 1140 g/mol. The van der Waals surface area contributed by atoms with Gasteiger partial charge in [-0.25, -0.2) is 4.57 Å². The number of hydrogen-bond acceptors (Lipinski definition) is 7. The molecule has 79 heavy (non-hydrogen) atoms. The highest BCUT2D eigenvalue weighted by atomic mass is 31.2. The normalized spacial score (nSPS) is 13.1. The number of hydrogen-bond donors (Lipinski definition) is 1. The molecule has 2 atom stereocenters. The Morgan fingerprint density at radius 1 is 0.380 bits per heavy atom. The van der Waals surface area contributed by atoms with Gasteiger partial charge in [-0.05, 0) is 38.5 Å². The summed E-state index contributed by atoms with van der Waals surface area (Å²) in [6.07, 6.45) is 74.8. The summed E-state index contributed by atoms with van der Waals surface area (Å²) in [6.45, 7) is 4.51. The maximum absolute atomic E-state index is 12.9. The summed E-state index contributed by atoms with van der Waals surface area (Å²) in [5.41, 5.74) is 0. The number of allylic oxidation sites excluding steroid dienone is 2. The van der Waals surface area contributed by atoms with E-state index in [1.165, 1.54) is 302 Å². The number of carbonyl (C=O) groups is 2. The van der Waals surface area contributed by atoms with E-state index in [0.29, 0.717) is 17.4 Å². The molecule has 10 heteroatoms. The predicted molar refractivity (Wildman–Crippen MR) is 340 cm³/mol. The molecule has 0 aromatic heterocycles. The first-order valence-electron chi connectivity index (χ1n) is 34.9. The van der Waals surface area contributed by atoms with Gasteiger partial charge < -0.3 is 18.9 Å². The second-order valence-electron chi connectivity index (χ2n) is 25.3. The van der Waals surface area contributed by atoms with Gasteiger partial charge in [0, 0.05) is 12.8 Å². The van der Waals surface area contributed by atoms with Gasteiger partial charge in [-0.15, -0.1) is 0 Å². The first kappa shape index (κ1) is 77.8. The third-order valence-corrected chi connectivity index (χ3v) is 17.0. The van der Waals surface area contributed by atoms with Crippen LogP contribution in [0.1, 0.15) is 367 Å². The number of quaternary nitrogens is 1. The van der Waals surface area contributed by atoms with Crippen LogP contribution in [0.25, 0.3) is 0 Å². The summed E-state index contributed by atoms with van der Waals surface area (Å²) in [4.78, 5) is 35.8. The van der Waals surface area contributed by atoms with E-state index in [2.05, 4.69) is 26.0 Å². The number of nitrogens with zero attached hydrogens (tertiary/aromatic N) is 1. The number of rotatable bonds is 66. The molecule has 0 saturated carbocycles. The maximum Gasteiger partial charge on any atom is 0.472 e. The molecule has 0 aromatic carbocycles. The lowest BCUT2D eigenvalue weighted by molar-refractivity contribution is -0.870. The van der Waals surface area contributed by atoms with E-state index in [-0.39, 0.29) is 25.6 Å². The van der Waals surface area contributed by atoms with Crippen molar-refractivity contribution in [2.75, 3.05) is 47.5 Å². The van der Waals surface area contributed by atoms with Crippen molar-refractivity contribution >= 4 is 19.8 Å². The van der Waals surface area contributed by atoms with Gasteiger partial charge in [0.15, 0.2) is 6.10 Å². The van der Waals surface area contributed by atoms with Crippen molar-refractivity contribution in [1.29, 1.82) is 0 Å². The van der Waals surface area contributed by atoms with E-state index in [9.17, 15) is 19.0 Å². The smallest absolute Gasteiger partial charge is 0.462 e. The van der Waals surface area contributed by atoms with E-state index < -0.39 is 26.5 Å². The van der Waals surface area contributed by atoms with Gasteiger partial charge in [0.1, 0.15) is 19.8 Å². The molecule has 9 nitrogen and oxygen atoms in total. The fourth-order valence-corrected chi connectivity index (χ4v) is 11.4. The second-order valence-corrected chi connectivity index (χ2v) is 26.7. The van der Waals surface area contributed by atoms with Crippen molar-refractivity contribution in [3.63, 3.8) is 0 Å². The summed E-state index contributed by atoms with van der Waals surface area (Å²) in [7, 11) is 1.50. The molecule has 0 aromatic rings. The van der Waals surface area contributed by atoms with Crippen LogP contribution in [0, 0.1) is 0 Å². The molecule has 0 aliphatic heterocycles. The number of esters is 2. The first-order chi connectivity index (χ1) is 38.5. The summed E-state index contributed by atoms with van der Waals surface area (Å²) in [6, 6.07) is 0. The van der Waals surface area contributed by atoms with E-state index in [1.807, 2.05) is 21.1 Å². The summed E-state index contributed by atoms with van der Waals surface area (Å²) >= 11 is 0. The lowest BCUT2D eigenvalue weighted by atomic mass is 10.0. The molecule has 0 spiro atoms. The summed E-state index contributed by atoms with van der Waals surface area (Å²) in [5.74, 6) is -0.771. The number of ether oxygens (including phenoxy) is 2. The van der Waals surface area contributed by atoms with Crippen LogP contribution in [-0.2, 0) is 32.7 Å². The molecule has 0 saturated heterocycles. The maximum atomic E-state index is 12.9. The largest absolute Gasteiger partial charge is 0.472 e. The topological polar surface area (TPSA) is 108 Å². The van der Waals surface area contributed by atoms with Crippen molar-refractivity contribution in [2.45, 2.75) is 373 Å². The molecule has 0 bridgehead atoms. The number of likely N-dealkylation sites (N-methyl/N-ethyl adjacent to an activating group) is 1. The molecule has 2 unspecified atom stereocenters. The van der Waals surface area contributed by atoms with Crippen molar-refractivity contribution in [1.82, 2.24) is 0 Å². The van der Waals surface area contributed by atoms with Crippen LogP contribution >= 0.6 is 7.82 Å². The van der Waals surface area contributed by atoms with Crippen LogP contribution in [0.3, 0.4) is 0 Å². The zero-order chi connectivity index (χ0) is 57.7.